The molecule has 0 atom stereocenters. The van der Waals surface area contributed by atoms with Gasteiger partial charge >= 0.3 is 5.97 Å². The molecule has 0 spiro atoms. The minimum Gasteiger partial charge on any atom is -0.480 e. The zero-order valence-electron chi connectivity index (χ0n) is 15.1. The quantitative estimate of drug-likeness (QED) is 0.834. The Morgan fingerprint density at radius 2 is 1.96 bits per heavy atom. The number of hydrogen-bond acceptors (Lipinski definition) is 4. The predicted molar refractivity (Wildman–Crippen MR) is 94.0 cm³/mol. The topological polar surface area (TPSA) is 88.3 Å². The third-order valence-corrected chi connectivity index (χ3v) is 3.85. The number of carbonyl (C=O) groups excluding carboxylic acids is 1. The van der Waals surface area contributed by atoms with Gasteiger partial charge in [0.25, 0.3) is 5.91 Å². The SMILES string of the molecule is CCCN(CC(=O)O)C(=O)c1nc(C)n(-c2ccccc2C(C)C)n1. The number of amides is 1. The summed E-state index contributed by atoms with van der Waals surface area (Å²) in [5.74, 6) is -0.618. The van der Waals surface area contributed by atoms with Gasteiger partial charge in [-0.1, -0.05) is 39.0 Å². The molecule has 2 aromatic rings. The van der Waals surface area contributed by atoms with Gasteiger partial charge in [0, 0.05) is 6.54 Å². The monoisotopic (exact) mass is 344 g/mol. The van der Waals surface area contributed by atoms with Gasteiger partial charge < -0.3 is 10.0 Å². The second kappa shape index (κ2) is 7.92. The van der Waals surface area contributed by atoms with Crippen molar-refractivity contribution in [3.05, 3.63) is 41.5 Å². The van der Waals surface area contributed by atoms with Gasteiger partial charge in [-0.2, -0.15) is 0 Å². The van der Waals surface area contributed by atoms with Gasteiger partial charge in [0.15, 0.2) is 0 Å². The second-order valence-corrected chi connectivity index (χ2v) is 6.23. The van der Waals surface area contributed by atoms with Crippen LogP contribution in [0.25, 0.3) is 5.69 Å². The van der Waals surface area contributed by atoms with Gasteiger partial charge in [0.05, 0.1) is 5.69 Å². The van der Waals surface area contributed by atoms with Crippen LogP contribution in [0.5, 0.6) is 0 Å². The maximum Gasteiger partial charge on any atom is 0.323 e. The van der Waals surface area contributed by atoms with Crippen LogP contribution in [0, 0.1) is 6.92 Å². The summed E-state index contributed by atoms with van der Waals surface area (Å²) in [6.45, 7) is 7.84. The van der Waals surface area contributed by atoms with Crippen LogP contribution in [0.3, 0.4) is 0 Å². The molecular formula is C18H24N4O3. The highest BCUT2D eigenvalue weighted by atomic mass is 16.4. The standard InChI is InChI=1S/C18H24N4O3/c1-5-10-21(11-16(23)24)18(25)17-19-13(4)22(20-17)15-9-7-6-8-14(15)12(2)3/h6-9,12H,5,10-11H2,1-4H3,(H,23,24). The van der Waals surface area contributed by atoms with Crippen molar-refractivity contribution in [2.45, 2.75) is 40.0 Å². The highest BCUT2D eigenvalue weighted by molar-refractivity contribution is 5.92. The number of nitrogens with zero attached hydrogens (tertiary/aromatic N) is 4. The second-order valence-electron chi connectivity index (χ2n) is 6.23. The molecule has 0 saturated heterocycles. The van der Waals surface area contributed by atoms with Gasteiger partial charge in [-0.3, -0.25) is 9.59 Å². The van der Waals surface area contributed by atoms with Crippen LogP contribution >= 0.6 is 0 Å². The van der Waals surface area contributed by atoms with E-state index in [4.69, 9.17) is 5.11 Å². The largest absolute Gasteiger partial charge is 0.480 e. The normalized spacial score (nSPS) is 10.9. The third-order valence-electron chi connectivity index (χ3n) is 3.85. The molecule has 1 aromatic carbocycles. The number of rotatable bonds is 7. The van der Waals surface area contributed by atoms with Gasteiger partial charge in [0.1, 0.15) is 12.4 Å². The Balaban J connectivity index is 2.40. The molecule has 0 aliphatic rings. The van der Waals surface area contributed by atoms with Crippen LogP contribution < -0.4 is 0 Å². The molecule has 2 rings (SSSR count). The van der Waals surface area contributed by atoms with Crippen molar-refractivity contribution in [2.24, 2.45) is 0 Å². The number of aryl methyl sites for hydroxylation is 1. The number of aromatic nitrogens is 3. The molecule has 0 radical (unpaired) electrons. The average Bonchev–Trinajstić information content (AvgIpc) is 2.95. The number of benzene rings is 1. The molecule has 0 unspecified atom stereocenters. The Labute approximate surface area is 147 Å². The Morgan fingerprint density at radius 1 is 1.28 bits per heavy atom. The van der Waals surface area contributed by atoms with E-state index >= 15 is 0 Å². The molecule has 1 amide bonds. The molecule has 134 valence electrons. The van der Waals surface area contributed by atoms with Gasteiger partial charge in [-0.05, 0) is 30.9 Å². The molecule has 1 aromatic heterocycles. The van der Waals surface area contributed by atoms with E-state index < -0.39 is 11.9 Å². The number of hydrogen-bond donors (Lipinski definition) is 1. The fourth-order valence-corrected chi connectivity index (χ4v) is 2.70. The first-order valence-corrected chi connectivity index (χ1v) is 8.39. The fraction of sp³-hybridized carbons (Fsp3) is 0.444. The molecule has 0 saturated carbocycles. The summed E-state index contributed by atoms with van der Waals surface area (Å²) in [6, 6.07) is 7.84. The summed E-state index contributed by atoms with van der Waals surface area (Å²) >= 11 is 0. The summed E-state index contributed by atoms with van der Waals surface area (Å²) in [7, 11) is 0. The van der Waals surface area contributed by atoms with Crippen LogP contribution in [0.4, 0.5) is 0 Å². The predicted octanol–water partition coefficient (Wildman–Crippen LogP) is 2.64. The van der Waals surface area contributed by atoms with E-state index in [0.29, 0.717) is 24.7 Å². The van der Waals surface area contributed by atoms with E-state index in [2.05, 4.69) is 23.9 Å². The first-order valence-electron chi connectivity index (χ1n) is 8.39. The molecule has 7 nitrogen and oxygen atoms in total. The molecule has 0 aliphatic heterocycles. The van der Waals surface area contributed by atoms with Crippen LogP contribution in [-0.4, -0.2) is 49.7 Å². The van der Waals surface area contributed by atoms with E-state index in [-0.39, 0.29) is 12.4 Å². The third kappa shape index (κ3) is 4.23. The maximum atomic E-state index is 12.6. The van der Waals surface area contributed by atoms with Crippen LogP contribution in [0.1, 0.15) is 55.1 Å². The van der Waals surface area contributed by atoms with E-state index in [1.807, 2.05) is 31.2 Å². The minimum atomic E-state index is -1.05. The molecule has 0 bridgehead atoms. The highest BCUT2D eigenvalue weighted by Gasteiger charge is 2.23. The van der Waals surface area contributed by atoms with E-state index in [1.54, 1.807) is 11.6 Å². The van der Waals surface area contributed by atoms with Crippen molar-refractivity contribution in [2.75, 3.05) is 13.1 Å². The Morgan fingerprint density at radius 3 is 2.56 bits per heavy atom. The lowest BCUT2D eigenvalue weighted by molar-refractivity contribution is -0.137. The van der Waals surface area contributed by atoms with Crippen molar-refractivity contribution < 1.29 is 14.7 Å². The molecule has 1 N–H and O–H groups in total. The van der Waals surface area contributed by atoms with E-state index in [9.17, 15) is 9.59 Å². The molecule has 25 heavy (non-hydrogen) atoms. The lowest BCUT2D eigenvalue weighted by atomic mass is 10.0. The minimum absolute atomic E-state index is 0.0192. The van der Waals surface area contributed by atoms with E-state index in [0.717, 1.165) is 11.3 Å². The summed E-state index contributed by atoms with van der Waals surface area (Å²) in [5, 5.41) is 13.4. The van der Waals surface area contributed by atoms with Crippen LogP contribution in [0.2, 0.25) is 0 Å². The first-order chi connectivity index (χ1) is 11.8. The van der Waals surface area contributed by atoms with Crippen LogP contribution in [-0.2, 0) is 4.79 Å². The van der Waals surface area contributed by atoms with Crippen molar-refractivity contribution in [3.63, 3.8) is 0 Å². The summed E-state index contributed by atoms with van der Waals surface area (Å²) < 4.78 is 1.65. The summed E-state index contributed by atoms with van der Waals surface area (Å²) in [5.41, 5.74) is 1.98. The number of para-hydroxylation sites is 1. The zero-order valence-corrected chi connectivity index (χ0v) is 15.1. The Hall–Kier alpha value is -2.70. The molecule has 7 heteroatoms. The number of carboxylic acid groups (broad SMARTS) is 1. The molecule has 0 fully saturated rings. The summed E-state index contributed by atoms with van der Waals surface area (Å²) in [4.78, 5) is 29.1. The summed E-state index contributed by atoms with van der Waals surface area (Å²) in [6.07, 6.45) is 0.662. The molecule has 1 heterocycles. The first kappa shape index (κ1) is 18.6. The van der Waals surface area contributed by atoms with Crippen molar-refractivity contribution in [3.8, 4) is 5.69 Å². The Bertz CT molecular complexity index is 767. The average molecular weight is 344 g/mol. The lowest BCUT2D eigenvalue weighted by Gasteiger charge is -2.17. The Kier molecular flexibility index (Phi) is 5.90. The fourth-order valence-electron chi connectivity index (χ4n) is 2.70. The smallest absolute Gasteiger partial charge is 0.323 e. The number of aliphatic carboxylic acids is 1. The number of carbonyl (C=O) groups is 2. The van der Waals surface area contributed by atoms with E-state index in [1.165, 1.54) is 4.90 Å². The van der Waals surface area contributed by atoms with Gasteiger partial charge in [0.2, 0.25) is 5.82 Å². The zero-order chi connectivity index (χ0) is 18.6. The van der Waals surface area contributed by atoms with Crippen molar-refractivity contribution >= 4 is 11.9 Å². The molecule has 0 aliphatic carbocycles. The number of carboxylic acids is 1. The van der Waals surface area contributed by atoms with Gasteiger partial charge in [-0.25, -0.2) is 9.67 Å². The maximum absolute atomic E-state index is 12.6. The van der Waals surface area contributed by atoms with Crippen molar-refractivity contribution in [1.29, 1.82) is 0 Å². The lowest BCUT2D eigenvalue weighted by Crippen LogP contribution is -2.36. The molecular weight excluding hydrogens is 320 g/mol. The highest BCUT2D eigenvalue weighted by Crippen LogP contribution is 2.23. The van der Waals surface area contributed by atoms with Crippen molar-refractivity contribution in [1.82, 2.24) is 19.7 Å². The van der Waals surface area contributed by atoms with Gasteiger partial charge in [-0.15, -0.1) is 5.10 Å². The van der Waals surface area contributed by atoms with Crippen LogP contribution in [0.15, 0.2) is 24.3 Å².